The average molecular weight is 148 g/mol. The highest BCUT2D eigenvalue weighted by atomic mass is 32.3. The third kappa shape index (κ3) is 4.57. The Bertz CT molecular complexity index is 38.5. The molecule has 0 bridgehead atoms. The summed E-state index contributed by atoms with van der Waals surface area (Å²) in [5.41, 5.74) is 0. The number of rotatable bonds is 1. The van der Waals surface area contributed by atoms with Crippen molar-refractivity contribution in [1.82, 2.24) is 0 Å². The standard InChI is InChI=1S/F3H3SSi2/c1-6(2,3)5-4/h4H,5H2. The van der Waals surface area contributed by atoms with Gasteiger partial charge in [-0.2, -0.15) is 0 Å². The van der Waals surface area contributed by atoms with Crippen LogP contribution in [-0.4, -0.2) is 16.8 Å². The summed E-state index contributed by atoms with van der Waals surface area (Å²) in [7, 11) is -7.04. The van der Waals surface area contributed by atoms with E-state index in [1.807, 2.05) is 0 Å². The smallest absolute Gasteiger partial charge is 0.241 e. The zero-order valence-electron chi connectivity index (χ0n) is 2.79. The summed E-state index contributed by atoms with van der Waals surface area (Å²) < 4.78 is 32.7. The summed E-state index contributed by atoms with van der Waals surface area (Å²) in [6.45, 7) is 0. The number of halogens is 3. The molecule has 0 aliphatic carbocycles. The summed E-state index contributed by atoms with van der Waals surface area (Å²) in [4.78, 5) is 0. The van der Waals surface area contributed by atoms with Crippen LogP contribution in [0.2, 0.25) is 0 Å². The van der Waals surface area contributed by atoms with E-state index in [9.17, 15) is 12.3 Å². The molecule has 0 aromatic carbocycles. The first-order valence-corrected chi connectivity index (χ1v) is 7.73. The van der Waals surface area contributed by atoms with E-state index >= 15 is 0 Å². The highest BCUT2D eigenvalue weighted by Crippen LogP contribution is 2.05. The molecule has 0 nitrogen and oxygen atoms in total. The maximum absolute atomic E-state index is 10.9. The Kier molecular flexibility index (Phi) is 2.23. The molecule has 0 saturated carbocycles. The molecule has 0 aliphatic heterocycles. The van der Waals surface area contributed by atoms with Crippen LogP contribution in [0.5, 0.6) is 0 Å². The molecule has 0 heterocycles. The highest BCUT2D eigenvalue weighted by molar-refractivity contribution is 8.13. The molecule has 6 heteroatoms. The van der Waals surface area contributed by atoms with Gasteiger partial charge < -0.3 is 0 Å². The minimum atomic E-state index is -5.13. The number of hydrogen-bond donors (Lipinski definition) is 1. The van der Waals surface area contributed by atoms with Crippen molar-refractivity contribution in [3.05, 3.63) is 0 Å². The SMILES string of the molecule is F[Si](F)(F)[SiH2]S. The van der Waals surface area contributed by atoms with Crippen LogP contribution >= 0.6 is 12.1 Å². The molecule has 0 aromatic heterocycles. The molecule has 0 aliphatic rings. The van der Waals surface area contributed by atoms with Crippen molar-refractivity contribution >= 4 is 28.9 Å². The van der Waals surface area contributed by atoms with Gasteiger partial charge in [0.15, 0.2) is 8.19 Å². The molecule has 0 aromatic rings. The molecule has 0 unspecified atom stereocenters. The first-order valence-electron chi connectivity index (χ1n) is 1.24. The van der Waals surface area contributed by atoms with Crippen molar-refractivity contribution in [3.63, 3.8) is 0 Å². The van der Waals surface area contributed by atoms with Crippen molar-refractivity contribution in [2.24, 2.45) is 0 Å². The Labute approximate surface area is 41.9 Å². The fourth-order valence-electron chi connectivity index (χ4n) is 0. The minimum absolute atomic E-state index is 1.91. The van der Waals surface area contributed by atoms with E-state index in [1.54, 1.807) is 0 Å². The van der Waals surface area contributed by atoms with Crippen molar-refractivity contribution in [2.75, 3.05) is 0 Å². The molecule has 0 saturated heterocycles. The Morgan fingerprint density at radius 2 is 1.50 bits per heavy atom. The number of thiol groups is 1. The van der Waals surface area contributed by atoms with E-state index in [0.717, 1.165) is 0 Å². The fraction of sp³-hybridized carbons (Fsp3) is 0. The normalized spacial score (nSPS) is 14.0. The van der Waals surface area contributed by atoms with E-state index in [-0.39, 0.29) is 0 Å². The zero-order chi connectivity index (χ0) is 5.21. The Hall–Kier alpha value is 0.574. The van der Waals surface area contributed by atoms with E-state index < -0.39 is 16.8 Å². The average Bonchev–Trinajstić information content (AvgIpc) is 1.35. The van der Waals surface area contributed by atoms with Gasteiger partial charge in [-0.05, 0) is 0 Å². The van der Waals surface area contributed by atoms with Crippen LogP contribution in [0.3, 0.4) is 0 Å². The summed E-state index contributed by atoms with van der Waals surface area (Å²) in [5, 5.41) is 0. The highest BCUT2D eigenvalue weighted by Gasteiger charge is 2.33. The van der Waals surface area contributed by atoms with E-state index in [2.05, 4.69) is 12.1 Å². The molecule has 0 radical (unpaired) electrons. The van der Waals surface area contributed by atoms with Crippen LogP contribution in [0, 0.1) is 0 Å². The molecule has 6 heavy (non-hydrogen) atoms. The summed E-state index contributed by atoms with van der Waals surface area (Å²) >= 11 is 3.18. The van der Waals surface area contributed by atoms with Gasteiger partial charge in [-0.3, -0.25) is 0 Å². The molecule has 0 rings (SSSR count). The van der Waals surface area contributed by atoms with Crippen molar-refractivity contribution in [3.8, 4) is 0 Å². The lowest BCUT2D eigenvalue weighted by Crippen LogP contribution is -2.20. The summed E-state index contributed by atoms with van der Waals surface area (Å²) in [6.07, 6.45) is 0. The second-order valence-electron chi connectivity index (χ2n) is 0.773. The molecule has 0 spiro atoms. The second-order valence-corrected chi connectivity index (χ2v) is 8.52. The second kappa shape index (κ2) is 2.03. The van der Waals surface area contributed by atoms with Gasteiger partial charge in [-0.25, -0.2) is 24.4 Å². The van der Waals surface area contributed by atoms with Gasteiger partial charge >= 0.3 is 8.59 Å². The molecule has 0 N–H and O–H groups in total. The van der Waals surface area contributed by atoms with Crippen molar-refractivity contribution in [2.45, 2.75) is 0 Å². The molecule has 0 amide bonds. The quantitative estimate of drug-likeness (QED) is 0.309. The zero-order valence-corrected chi connectivity index (χ0v) is 6.10. The van der Waals surface area contributed by atoms with Gasteiger partial charge in [-0.15, -0.1) is 0 Å². The molecule has 0 atom stereocenters. The lowest BCUT2D eigenvalue weighted by molar-refractivity contribution is 0.515. The number of hydrogen-bond acceptors (Lipinski definition) is 1. The fourth-order valence-corrected chi connectivity index (χ4v) is 0. The summed E-state index contributed by atoms with van der Waals surface area (Å²) in [5.74, 6) is 0. The van der Waals surface area contributed by atoms with Crippen LogP contribution in [0.25, 0.3) is 0 Å². The Morgan fingerprint density at radius 1 is 1.33 bits per heavy atom. The van der Waals surface area contributed by atoms with Crippen molar-refractivity contribution in [1.29, 1.82) is 0 Å². The van der Waals surface area contributed by atoms with E-state index in [0.29, 0.717) is 0 Å². The first kappa shape index (κ1) is 6.57. The first-order chi connectivity index (χ1) is 2.56. The molecule has 38 valence electrons. The molecular weight excluding hydrogens is 145 g/mol. The van der Waals surface area contributed by atoms with Crippen LogP contribution < -0.4 is 0 Å². The van der Waals surface area contributed by atoms with Crippen LogP contribution in [0.4, 0.5) is 12.3 Å². The van der Waals surface area contributed by atoms with Crippen molar-refractivity contribution < 1.29 is 12.3 Å². The van der Waals surface area contributed by atoms with Gasteiger partial charge in [-0.1, -0.05) is 0 Å². The van der Waals surface area contributed by atoms with Crippen LogP contribution in [0.15, 0.2) is 0 Å². The molecular formula is H3F3SSi2. The monoisotopic (exact) mass is 148 g/mol. The van der Waals surface area contributed by atoms with Crippen LogP contribution in [-0.2, 0) is 0 Å². The Morgan fingerprint density at radius 3 is 1.50 bits per heavy atom. The predicted molar refractivity (Wildman–Crippen MR) is 26.6 cm³/mol. The lowest BCUT2D eigenvalue weighted by Gasteiger charge is -1.89. The predicted octanol–water partition coefficient (Wildman–Crippen LogP) is 0.344. The summed E-state index contributed by atoms with van der Waals surface area (Å²) in [6, 6.07) is 0. The topological polar surface area (TPSA) is 0 Å². The van der Waals surface area contributed by atoms with Gasteiger partial charge in [0.05, 0.1) is 0 Å². The van der Waals surface area contributed by atoms with Crippen LogP contribution in [0.1, 0.15) is 0 Å². The molecule has 0 fully saturated rings. The van der Waals surface area contributed by atoms with E-state index in [4.69, 9.17) is 0 Å². The van der Waals surface area contributed by atoms with E-state index in [1.165, 1.54) is 0 Å². The van der Waals surface area contributed by atoms with Gasteiger partial charge in [0.1, 0.15) is 0 Å². The van der Waals surface area contributed by atoms with Gasteiger partial charge in [0.2, 0.25) is 0 Å². The minimum Gasteiger partial charge on any atom is -0.241 e. The van der Waals surface area contributed by atoms with Gasteiger partial charge in [0, 0.05) is 0 Å². The largest absolute Gasteiger partial charge is 0.586 e. The third-order valence-electron chi connectivity index (χ3n) is 0.179. The Balaban J connectivity index is 3.17. The maximum atomic E-state index is 10.9. The maximum Gasteiger partial charge on any atom is 0.586 e. The third-order valence-corrected chi connectivity index (χ3v) is 4.84. The lowest BCUT2D eigenvalue weighted by atomic mass is 18.7. The van der Waals surface area contributed by atoms with Gasteiger partial charge in [0.25, 0.3) is 0 Å².